The molecule has 0 aliphatic rings. The second-order valence-corrected chi connectivity index (χ2v) is 8.89. The zero-order chi connectivity index (χ0) is 23.7. The molecule has 3 aromatic carbocycles. The number of nitrogens with one attached hydrogen (secondary N) is 1. The van der Waals surface area contributed by atoms with Gasteiger partial charge in [-0.2, -0.15) is 9.41 Å². The molecule has 0 fully saturated rings. The maximum absolute atomic E-state index is 13.2. The van der Waals surface area contributed by atoms with Crippen LogP contribution >= 0.6 is 0 Å². The second kappa shape index (κ2) is 11.3. The molecule has 0 bridgehead atoms. The first-order valence-corrected chi connectivity index (χ1v) is 11.5. The molecule has 0 heterocycles. The maximum atomic E-state index is 13.2. The molecule has 0 aliphatic heterocycles. The third kappa shape index (κ3) is 6.18. The van der Waals surface area contributed by atoms with Crippen LogP contribution in [0, 0.1) is 0 Å². The molecule has 8 nitrogen and oxygen atoms in total. The molecule has 0 atom stereocenters. The van der Waals surface area contributed by atoms with E-state index < -0.39 is 22.5 Å². The van der Waals surface area contributed by atoms with Crippen LogP contribution in [-0.2, 0) is 21.4 Å². The highest BCUT2D eigenvalue weighted by Crippen LogP contribution is 2.29. The van der Waals surface area contributed by atoms with Gasteiger partial charge in [0.2, 0.25) is 10.0 Å². The Balaban J connectivity index is 1.77. The van der Waals surface area contributed by atoms with Gasteiger partial charge in [-0.15, -0.1) is 0 Å². The van der Waals surface area contributed by atoms with E-state index in [1.165, 1.54) is 32.6 Å². The Morgan fingerprint density at radius 2 is 1.61 bits per heavy atom. The summed E-state index contributed by atoms with van der Waals surface area (Å²) in [6, 6.07) is 22.3. The van der Waals surface area contributed by atoms with E-state index in [1.807, 2.05) is 18.2 Å². The summed E-state index contributed by atoms with van der Waals surface area (Å²) in [6.45, 7) is -0.363. The average Bonchev–Trinajstić information content (AvgIpc) is 2.84. The van der Waals surface area contributed by atoms with Gasteiger partial charge in [0.05, 0.1) is 31.9 Å². The van der Waals surface area contributed by atoms with Crippen molar-refractivity contribution in [2.24, 2.45) is 5.10 Å². The van der Waals surface area contributed by atoms with Gasteiger partial charge < -0.3 is 9.47 Å². The molecule has 33 heavy (non-hydrogen) atoms. The highest BCUT2D eigenvalue weighted by atomic mass is 32.2. The van der Waals surface area contributed by atoms with Crippen molar-refractivity contribution in [3.63, 3.8) is 0 Å². The van der Waals surface area contributed by atoms with Gasteiger partial charge in [0.1, 0.15) is 0 Å². The SMILES string of the molecule is COc1cccc(/C=N/NC(=O)CN(Cc2ccccc2)S(=O)(=O)c2ccccc2)c1OC. The molecule has 0 aliphatic carbocycles. The number of carbonyl (C=O) groups excluding carboxylic acids is 1. The molecular formula is C24H25N3O5S. The number of nitrogens with zero attached hydrogens (tertiary/aromatic N) is 2. The van der Waals surface area contributed by atoms with Crippen LogP contribution in [0.15, 0.2) is 88.9 Å². The third-order valence-corrected chi connectivity index (χ3v) is 6.53. The third-order valence-electron chi connectivity index (χ3n) is 4.73. The summed E-state index contributed by atoms with van der Waals surface area (Å²) in [7, 11) is -0.881. The Bertz CT molecular complexity index is 1200. The lowest BCUT2D eigenvalue weighted by atomic mass is 10.2. The van der Waals surface area contributed by atoms with Gasteiger partial charge in [0.15, 0.2) is 11.5 Å². The summed E-state index contributed by atoms with van der Waals surface area (Å²) in [5, 5.41) is 3.96. The van der Waals surface area contributed by atoms with E-state index in [2.05, 4.69) is 10.5 Å². The molecule has 0 unspecified atom stereocenters. The molecular weight excluding hydrogens is 442 g/mol. The first kappa shape index (κ1) is 24.0. The minimum absolute atomic E-state index is 0.0406. The van der Waals surface area contributed by atoms with Crippen molar-refractivity contribution in [2.75, 3.05) is 20.8 Å². The highest BCUT2D eigenvalue weighted by Gasteiger charge is 2.26. The fraction of sp³-hybridized carbons (Fsp3) is 0.167. The monoisotopic (exact) mass is 467 g/mol. The first-order valence-electron chi connectivity index (χ1n) is 10.1. The molecule has 9 heteroatoms. The summed E-state index contributed by atoms with van der Waals surface area (Å²) < 4.78 is 38.1. The number of methoxy groups -OCH3 is 2. The fourth-order valence-electron chi connectivity index (χ4n) is 3.14. The van der Waals surface area contributed by atoms with Crippen LogP contribution in [0.5, 0.6) is 11.5 Å². The maximum Gasteiger partial charge on any atom is 0.255 e. The van der Waals surface area contributed by atoms with Crippen LogP contribution in [0.3, 0.4) is 0 Å². The minimum Gasteiger partial charge on any atom is -0.493 e. The van der Waals surface area contributed by atoms with Gasteiger partial charge in [0, 0.05) is 12.1 Å². The van der Waals surface area contributed by atoms with Gasteiger partial charge in [-0.1, -0.05) is 54.6 Å². The molecule has 172 valence electrons. The molecule has 0 saturated heterocycles. The lowest BCUT2D eigenvalue weighted by molar-refractivity contribution is -0.121. The van der Waals surface area contributed by atoms with E-state index >= 15 is 0 Å². The van der Waals surface area contributed by atoms with E-state index in [9.17, 15) is 13.2 Å². The van der Waals surface area contributed by atoms with Crippen molar-refractivity contribution in [1.82, 2.24) is 9.73 Å². The molecule has 1 N–H and O–H groups in total. The lowest BCUT2D eigenvalue weighted by Gasteiger charge is -2.21. The summed E-state index contributed by atoms with van der Waals surface area (Å²) in [5.41, 5.74) is 3.74. The van der Waals surface area contributed by atoms with Crippen LogP contribution in [0.4, 0.5) is 0 Å². The molecule has 3 aromatic rings. The Kier molecular flexibility index (Phi) is 8.17. The van der Waals surface area contributed by atoms with Crippen molar-refractivity contribution < 1.29 is 22.7 Å². The number of carbonyl (C=O) groups is 1. The number of para-hydroxylation sites is 1. The minimum atomic E-state index is -3.91. The number of amides is 1. The van der Waals surface area contributed by atoms with Crippen molar-refractivity contribution in [3.05, 3.63) is 90.0 Å². The number of sulfonamides is 1. The van der Waals surface area contributed by atoms with E-state index in [0.717, 1.165) is 9.87 Å². The van der Waals surface area contributed by atoms with Gasteiger partial charge in [0.25, 0.3) is 5.91 Å². The molecule has 0 spiro atoms. The van der Waals surface area contributed by atoms with Crippen LogP contribution in [0.25, 0.3) is 0 Å². The lowest BCUT2D eigenvalue weighted by Crippen LogP contribution is -2.39. The smallest absolute Gasteiger partial charge is 0.255 e. The predicted molar refractivity (Wildman–Crippen MR) is 126 cm³/mol. The van der Waals surface area contributed by atoms with Gasteiger partial charge in [-0.3, -0.25) is 4.79 Å². The van der Waals surface area contributed by atoms with Crippen molar-refractivity contribution in [2.45, 2.75) is 11.4 Å². The standard InChI is InChI=1S/C24H25N3O5S/c1-31-22-15-9-12-20(24(22)32-2)16-25-26-23(28)18-27(17-19-10-5-3-6-11-19)33(29,30)21-13-7-4-8-14-21/h3-16H,17-18H2,1-2H3,(H,26,28)/b25-16+. The summed E-state index contributed by atoms with van der Waals surface area (Å²) in [4.78, 5) is 12.7. The van der Waals surface area contributed by atoms with Crippen LogP contribution in [0.1, 0.15) is 11.1 Å². The number of rotatable bonds is 10. The molecule has 0 aromatic heterocycles. The van der Waals surface area contributed by atoms with Crippen LogP contribution < -0.4 is 14.9 Å². The number of benzene rings is 3. The number of hydrogen-bond donors (Lipinski definition) is 1. The molecule has 0 radical (unpaired) electrons. The van der Waals surface area contributed by atoms with Crippen LogP contribution in [0.2, 0.25) is 0 Å². The Hall–Kier alpha value is -3.69. The summed E-state index contributed by atoms with van der Waals surface area (Å²) in [5.74, 6) is 0.412. The fourth-order valence-corrected chi connectivity index (χ4v) is 4.54. The molecule has 1 amide bonds. The molecule has 3 rings (SSSR count). The Morgan fingerprint density at radius 3 is 2.24 bits per heavy atom. The zero-order valence-corrected chi connectivity index (χ0v) is 19.2. The summed E-state index contributed by atoms with van der Waals surface area (Å²) >= 11 is 0. The van der Waals surface area contributed by atoms with Crippen molar-refractivity contribution in [1.29, 1.82) is 0 Å². The average molecular weight is 468 g/mol. The van der Waals surface area contributed by atoms with Gasteiger partial charge in [-0.05, 0) is 29.8 Å². The molecule has 0 saturated carbocycles. The number of hydrogen-bond acceptors (Lipinski definition) is 6. The first-order chi connectivity index (χ1) is 16.0. The van der Waals surface area contributed by atoms with Crippen molar-refractivity contribution >= 4 is 22.1 Å². The Morgan fingerprint density at radius 1 is 0.939 bits per heavy atom. The van der Waals surface area contributed by atoms with E-state index in [0.29, 0.717) is 17.1 Å². The number of hydrazone groups is 1. The Labute approximate surface area is 193 Å². The number of ether oxygens (including phenoxy) is 2. The van der Waals surface area contributed by atoms with E-state index in [4.69, 9.17) is 9.47 Å². The predicted octanol–water partition coefficient (Wildman–Crippen LogP) is 3.05. The van der Waals surface area contributed by atoms with Gasteiger partial charge >= 0.3 is 0 Å². The second-order valence-electron chi connectivity index (χ2n) is 6.95. The topological polar surface area (TPSA) is 97.3 Å². The quantitative estimate of drug-likeness (QED) is 0.365. The highest BCUT2D eigenvalue weighted by molar-refractivity contribution is 7.89. The van der Waals surface area contributed by atoms with Crippen LogP contribution in [-0.4, -0.2) is 45.6 Å². The normalized spacial score (nSPS) is 11.5. The largest absolute Gasteiger partial charge is 0.493 e. The van der Waals surface area contributed by atoms with Crippen molar-refractivity contribution in [3.8, 4) is 11.5 Å². The van der Waals surface area contributed by atoms with E-state index in [1.54, 1.807) is 48.5 Å². The zero-order valence-electron chi connectivity index (χ0n) is 18.3. The van der Waals surface area contributed by atoms with Gasteiger partial charge in [-0.25, -0.2) is 13.8 Å². The summed E-state index contributed by atoms with van der Waals surface area (Å²) in [6.07, 6.45) is 1.41. The van der Waals surface area contributed by atoms with E-state index in [-0.39, 0.29) is 11.4 Å².